The van der Waals surface area contributed by atoms with Crippen LogP contribution in [-0.4, -0.2) is 0 Å². The summed E-state index contributed by atoms with van der Waals surface area (Å²) in [6.07, 6.45) is 3.62. The minimum Gasteiger partial charge on any atom is -0.670 e. The summed E-state index contributed by atoms with van der Waals surface area (Å²) in [5.74, 6) is 0. The van der Waals surface area contributed by atoms with Crippen molar-refractivity contribution < 1.29 is 32.7 Å². The van der Waals surface area contributed by atoms with Crippen LogP contribution in [0.4, 0.5) is 0 Å². The molecule has 0 aliphatic heterocycles. The summed E-state index contributed by atoms with van der Waals surface area (Å²) in [5, 5.41) is 0. The van der Waals surface area contributed by atoms with E-state index in [2.05, 4.69) is 4.98 Å². The summed E-state index contributed by atoms with van der Waals surface area (Å²) in [7, 11) is 0. The average Bonchev–Trinajstić information content (AvgIpc) is 1.86. The molecule has 0 saturated carbocycles. The van der Waals surface area contributed by atoms with Crippen LogP contribution in [0.15, 0.2) is 18.5 Å². The van der Waals surface area contributed by atoms with E-state index in [9.17, 15) is 0 Å². The van der Waals surface area contributed by atoms with Gasteiger partial charge in [-0.1, -0.05) is 11.6 Å². The summed E-state index contributed by atoms with van der Waals surface area (Å²) in [6, 6.07) is 1.97. The first-order chi connectivity index (χ1) is 2.89. The first-order valence-corrected chi connectivity index (χ1v) is 1.93. The fourth-order valence-electron chi connectivity index (χ4n) is 0.364. The van der Waals surface area contributed by atoms with Crippen molar-refractivity contribution in [1.82, 2.24) is 4.98 Å². The molecule has 0 fully saturated rings. The van der Waals surface area contributed by atoms with Gasteiger partial charge in [0.2, 0.25) is 0 Å². The van der Waals surface area contributed by atoms with Crippen molar-refractivity contribution in [1.29, 1.82) is 0 Å². The molecule has 0 aliphatic carbocycles. The number of nitrogens with zero attached hydrogens (tertiary/aromatic N) is 1. The van der Waals surface area contributed by atoms with Crippen molar-refractivity contribution in [3.63, 3.8) is 0 Å². The topological polar surface area (TPSA) is 14.1 Å². The molecule has 0 unspecified atom stereocenters. The zero-order valence-corrected chi connectivity index (χ0v) is 8.09. The van der Waals surface area contributed by atoms with Crippen LogP contribution in [0.3, 0.4) is 0 Å². The molecule has 0 aromatic carbocycles. The predicted octanol–water partition coefficient (Wildman–Crippen LogP) is 1.40. The second kappa shape index (κ2) is 5.52. The van der Waals surface area contributed by atoms with Crippen molar-refractivity contribution in [2.75, 3.05) is 0 Å². The van der Waals surface area contributed by atoms with Gasteiger partial charge in [0.15, 0.2) is 0 Å². The van der Waals surface area contributed by atoms with Crippen molar-refractivity contribution in [3.05, 3.63) is 31.5 Å². The molecule has 0 saturated heterocycles. The number of rotatable bonds is 0. The van der Waals surface area contributed by atoms with Gasteiger partial charge in [-0.25, -0.2) is 0 Å². The van der Waals surface area contributed by atoms with Crippen molar-refractivity contribution in [3.8, 4) is 0 Å². The van der Waals surface area contributed by atoms with Gasteiger partial charge in [-0.3, -0.25) is 0 Å². The zero-order valence-electron chi connectivity index (χ0n) is 5.26. The van der Waals surface area contributed by atoms with Gasteiger partial charge in [0.25, 0.3) is 0 Å². The van der Waals surface area contributed by atoms with Crippen molar-refractivity contribution in [2.24, 2.45) is 0 Å². The zero-order chi connectivity index (χ0) is 4.41. The van der Waals surface area contributed by atoms with E-state index in [1.807, 2.05) is 19.2 Å². The number of aromatic nitrogens is 1. The van der Waals surface area contributed by atoms with E-state index in [0.717, 1.165) is 0 Å². The molecule has 1 rings (SSSR count). The first-order valence-electron chi connectivity index (χ1n) is 1.93. The molecule has 1 aromatic heterocycles. The van der Waals surface area contributed by atoms with Crippen LogP contribution in [0.25, 0.3) is 0 Å². The SMILES string of the molecule is Cc1cc[n-]c1.[CH3-].[Y]. The van der Waals surface area contributed by atoms with E-state index in [4.69, 9.17) is 0 Å². The largest absolute Gasteiger partial charge is 0.670 e. The molecule has 1 nitrogen and oxygen atoms in total. The standard InChI is InChI=1S/C5H6N.CH3.Y/c1-5-2-3-6-4-5;;/h2-4H,1H3;1H3;/q2*-1;. The van der Waals surface area contributed by atoms with Crippen LogP contribution in [-0.2, 0) is 32.7 Å². The summed E-state index contributed by atoms with van der Waals surface area (Å²) in [4.78, 5) is 3.82. The molecule has 0 spiro atoms. The Morgan fingerprint density at radius 3 is 2.25 bits per heavy atom. The van der Waals surface area contributed by atoms with E-state index >= 15 is 0 Å². The fourth-order valence-corrected chi connectivity index (χ4v) is 0.364. The van der Waals surface area contributed by atoms with Crippen LogP contribution in [0.5, 0.6) is 0 Å². The average molecular weight is 184 g/mol. The number of hydrogen-bond donors (Lipinski definition) is 0. The van der Waals surface area contributed by atoms with Crippen molar-refractivity contribution in [2.45, 2.75) is 6.92 Å². The van der Waals surface area contributed by atoms with Crippen LogP contribution < -0.4 is 4.98 Å². The third-order valence-corrected chi connectivity index (χ3v) is 0.702. The summed E-state index contributed by atoms with van der Waals surface area (Å²) in [5.41, 5.74) is 1.23. The smallest absolute Gasteiger partial charge is 0 e. The van der Waals surface area contributed by atoms with Gasteiger partial charge in [-0.05, 0) is 6.92 Å². The van der Waals surface area contributed by atoms with Gasteiger partial charge in [0.1, 0.15) is 0 Å². The van der Waals surface area contributed by atoms with Gasteiger partial charge < -0.3 is 12.4 Å². The van der Waals surface area contributed by atoms with E-state index in [0.29, 0.717) is 0 Å². The third kappa shape index (κ3) is 3.39. The Kier molecular flexibility index (Phi) is 7.74. The second-order valence-electron chi connectivity index (χ2n) is 1.34. The number of aryl methyl sites for hydroxylation is 1. The Morgan fingerprint density at radius 1 is 1.50 bits per heavy atom. The molecule has 1 heterocycles. The molecule has 0 amide bonds. The summed E-state index contributed by atoms with van der Waals surface area (Å²) < 4.78 is 0. The summed E-state index contributed by atoms with van der Waals surface area (Å²) >= 11 is 0. The van der Waals surface area contributed by atoms with Gasteiger partial charge in [0, 0.05) is 32.7 Å². The molecule has 8 heavy (non-hydrogen) atoms. The van der Waals surface area contributed by atoms with Crippen LogP contribution in [0, 0.1) is 14.4 Å². The molecule has 43 valence electrons. The first kappa shape index (κ1) is 11.2. The molecular formula is C6H9NY-2. The molecule has 2 heteroatoms. The Morgan fingerprint density at radius 2 is 2.12 bits per heavy atom. The van der Waals surface area contributed by atoms with E-state index in [-0.39, 0.29) is 40.1 Å². The van der Waals surface area contributed by atoms with Gasteiger partial charge in [0.05, 0.1) is 0 Å². The molecule has 0 aliphatic rings. The fraction of sp³-hybridized carbons (Fsp3) is 0.167. The van der Waals surface area contributed by atoms with Gasteiger partial charge >= 0.3 is 0 Å². The molecule has 0 N–H and O–H groups in total. The van der Waals surface area contributed by atoms with E-state index in [1.54, 1.807) is 6.20 Å². The molecule has 1 radical (unpaired) electrons. The Bertz CT molecular complexity index is 112. The maximum absolute atomic E-state index is 3.82. The quantitative estimate of drug-likeness (QED) is 0.556. The van der Waals surface area contributed by atoms with Crippen LogP contribution >= 0.6 is 0 Å². The maximum Gasteiger partial charge on any atom is 0 e. The monoisotopic (exact) mass is 184 g/mol. The summed E-state index contributed by atoms with van der Waals surface area (Å²) in [6.45, 7) is 2.02. The Labute approximate surface area is 75.8 Å². The molecule has 1 aromatic rings. The van der Waals surface area contributed by atoms with Crippen molar-refractivity contribution >= 4 is 0 Å². The maximum atomic E-state index is 3.82. The molecule has 0 bridgehead atoms. The van der Waals surface area contributed by atoms with Crippen LogP contribution in [0.1, 0.15) is 5.56 Å². The third-order valence-electron chi connectivity index (χ3n) is 0.702. The van der Waals surface area contributed by atoms with Crippen LogP contribution in [0.2, 0.25) is 0 Å². The number of hydrogen-bond acceptors (Lipinski definition) is 0. The second-order valence-corrected chi connectivity index (χ2v) is 1.34. The Hall–Kier alpha value is 0.384. The normalized spacial score (nSPS) is 6.62. The predicted molar refractivity (Wildman–Crippen MR) is 30.9 cm³/mol. The van der Waals surface area contributed by atoms with Gasteiger partial charge in [-0.2, -0.15) is 12.4 Å². The van der Waals surface area contributed by atoms with E-state index in [1.165, 1.54) is 5.56 Å². The Balaban J connectivity index is 0. The minimum atomic E-state index is 0. The minimum absolute atomic E-state index is 0. The van der Waals surface area contributed by atoms with Gasteiger partial charge in [-0.15, -0.1) is 0 Å². The molecular weight excluding hydrogens is 175 g/mol. The molecule has 0 atom stereocenters. The van der Waals surface area contributed by atoms with E-state index < -0.39 is 0 Å².